The molecule has 1 aromatic heterocycles. The number of carbonyl (C=O) groups excluding carboxylic acids is 2. The lowest BCUT2D eigenvalue weighted by molar-refractivity contribution is -0.136. The molecular formula is C24H26N4O2. The third-order valence-corrected chi connectivity index (χ3v) is 6.38. The molecule has 0 aliphatic carbocycles. The summed E-state index contributed by atoms with van der Waals surface area (Å²) in [4.78, 5) is 37.4. The quantitative estimate of drug-likeness (QED) is 0.728. The molecule has 5 rings (SSSR count). The van der Waals surface area contributed by atoms with Gasteiger partial charge in [0.1, 0.15) is 5.82 Å². The monoisotopic (exact) mass is 402 g/mol. The Bertz CT molecular complexity index is 1020. The molecule has 2 aromatic carbocycles. The number of aromatic amines is 1. The molecule has 2 aliphatic rings. The number of hydrogen-bond donors (Lipinski definition) is 1. The van der Waals surface area contributed by atoms with Gasteiger partial charge in [-0.1, -0.05) is 42.5 Å². The molecule has 1 unspecified atom stereocenters. The first-order valence-corrected chi connectivity index (χ1v) is 10.7. The molecule has 0 radical (unpaired) electrons. The number of benzene rings is 2. The van der Waals surface area contributed by atoms with Crippen molar-refractivity contribution >= 4 is 22.8 Å². The Morgan fingerprint density at radius 1 is 1.03 bits per heavy atom. The van der Waals surface area contributed by atoms with Crippen LogP contribution in [0.1, 0.15) is 36.6 Å². The highest BCUT2D eigenvalue weighted by Crippen LogP contribution is 2.30. The zero-order valence-corrected chi connectivity index (χ0v) is 17.0. The van der Waals surface area contributed by atoms with Crippen LogP contribution >= 0.6 is 0 Å². The van der Waals surface area contributed by atoms with Gasteiger partial charge in [-0.25, -0.2) is 4.98 Å². The highest BCUT2D eigenvalue weighted by molar-refractivity contribution is 5.89. The molecule has 2 saturated heterocycles. The maximum Gasteiger partial charge on any atom is 0.227 e. The molecular weight excluding hydrogens is 376 g/mol. The van der Waals surface area contributed by atoms with Crippen molar-refractivity contribution in [1.82, 2.24) is 19.8 Å². The van der Waals surface area contributed by atoms with Gasteiger partial charge in [0.25, 0.3) is 0 Å². The summed E-state index contributed by atoms with van der Waals surface area (Å²) < 4.78 is 0. The topological polar surface area (TPSA) is 69.3 Å². The van der Waals surface area contributed by atoms with E-state index in [2.05, 4.69) is 4.98 Å². The number of aromatic nitrogens is 2. The van der Waals surface area contributed by atoms with Crippen molar-refractivity contribution in [3.63, 3.8) is 0 Å². The SMILES string of the molecule is O=C1CC(C(=O)N2CCC(c3nc4ccccc4[nH]3)CC2)CN1Cc1ccccc1. The van der Waals surface area contributed by atoms with Crippen LogP contribution in [0.3, 0.4) is 0 Å². The number of amides is 2. The number of nitrogens with one attached hydrogen (secondary N) is 1. The van der Waals surface area contributed by atoms with Gasteiger partial charge >= 0.3 is 0 Å². The lowest BCUT2D eigenvalue weighted by Gasteiger charge is -2.32. The van der Waals surface area contributed by atoms with Crippen LogP contribution in [0.15, 0.2) is 54.6 Å². The third-order valence-electron chi connectivity index (χ3n) is 6.38. The largest absolute Gasteiger partial charge is 0.342 e. The van der Waals surface area contributed by atoms with Crippen LogP contribution in [0.5, 0.6) is 0 Å². The average Bonchev–Trinajstić information content (AvgIpc) is 3.38. The number of carbonyl (C=O) groups is 2. The molecule has 0 spiro atoms. The number of piperidine rings is 1. The molecule has 0 saturated carbocycles. The highest BCUT2D eigenvalue weighted by atomic mass is 16.2. The minimum atomic E-state index is -0.219. The number of H-pyrrole nitrogens is 1. The highest BCUT2D eigenvalue weighted by Gasteiger charge is 2.37. The van der Waals surface area contributed by atoms with E-state index >= 15 is 0 Å². The van der Waals surface area contributed by atoms with Crippen LogP contribution in [0.2, 0.25) is 0 Å². The second-order valence-electron chi connectivity index (χ2n) is 8.40. The van der Waals surface area contributed by atoms with Gasteiger partial charge in [0.2, 0.25) is 11.8 Å². The summed E-state index contributed by atoms with van der Waals surface area (Å²) in [6, 6.07) is 18.0. The number of imidazole rings is 1. The fourth-order valence-corrected chi connectivity index (χ4v) is 4.69. The molecule has 2 fully saturated rings. The van der Waals surface area contributed by atoms with Gasteiger partial charge < -0.3 is 14.8 Å². The van der Waals surface area contributed by atoms with Crippen molar-refractivity contribution in [2.75, 3.05) is 19.6 Å². The standard InChI is InChI=1S/C24H26N4O2/c29-22-14-19(16-28(22)15-17-6-2-1-3-7-17)24(30)27-12-10-18(11-13-27)23-25-20-8-4-5-9-21(20)26-23/h1-9,18-19H,10-16H2,(H,25,26). The maximum absolute atomic E-state index is 13.1. The molecule has 3 heterocycles. The van der Waals surface area contributed by atoms with Gasteiger partial charge in [0, 0.05) is 38.5 Å². The minimum absolute atomic E-state index is 0.0781. The van der Waals surface area contributed by atoms with E-state index < -0.39 is 0 Å². The summed E-state index contributed by atoms with van der Waals surface area (Å²) in [6.07, 6.45) is 2.13. The van der Waals surface area contributed by atoms with Crippen LogP contribution in [0, 0.1) is 5.92 Å². The number of likely N-dealkylation sites (tertiary alicyclic amines) is 2. The fraction of sp³-hybridized carbons (Fsp3) is 0.375. The first kappa shape index (κ1) is 18.9. The predicted molar refractivity (Wildman–Crippen MR) is 115 cm³/mol. The normalized spacial score (nSPS) is 20.3. The van der Waals surface area contributed by atoms with E-state index in [0.717, 1.165) is 48.4 Å². The van der Waals surface area contributed by atoms with Gasteiger partial charge in [-0.05, 0) is 30.5 Å². The maximum atomic E-state index is 13.1. The summed E-state index contributed by atoms with van der Waals surface area (Å²) in [5.41, 5.74) is 3.16. The Kier molecular flexibility index (Phi) is 4.99. The summed E-state index contributed by atoms with van der Waals surface area (Å²) >= 11 is 0. The van der Waals surface area contributed by atoms with Gasteiger partial charge in [0.15, 0.2) is 0 Å². The second kappa shape index (κ2) is 7.94. The second-order valence-corrected chi connectivity index (χ2v) is 8.40. The van der Waals surface area contributed by atoms with Crippen LogP contribution in [-0.2, 0) is 16.1 Å². The number of fused-ring (bicyclic) bond motifs is 1. The predicted octanol–water partition coefficient (Wildman–Crippen LogP) is 3.32. The van der Waals surface area contributed by atoms with Crippen LogP contribution in [-0.4, -0.2) is 51.2 Å². The van der Waals surface area contributed by atoms with Crippen molar-refractivity contribution in [3.05, 3.63) is 66.0 Å². The molecule has 154 valence electrons. The molecule has 0 bridgehead atoms. The third kappa shape index (κ3) is 3.70. The summed E-state index contributed by atoms with van der Waals surface area (Å²) in [5, 5.41) is 0. The van der Waals surface area contributed by atoms with Crippen LogP contribution in [0.4, 0.5) is 0 Å². The van der Waals surface area contributed by atoms with Crippen LogP contribution < -0.4 is 0 Å². The van der Waals surface area contributed by atoms with Crippen molar-refractivity contribution in [2.24, 2.45) is 5.92 Å². The van der Waals surface area contributed by atoms with E-state index in [1.54, 1.807) is 0 Å². The smallest absolute Gasteiger partial charge is 0.227 e. The van der Waals surface area contributed by atoms with Crippen molar-refractivity contribution in [1.29, 1.82) is 0 Å². The summed E-state index contributed by atoms with van der Waals surface area (Å²) in [5.74, 6) is 1.36. The number of para-hydroxylation sites is 2. The van der Waals surface area contributed by atoms with E-state index in [1.807, 2.05) is 64.4 Å². The van der Waals surface area contributed by atoms with Gasteiger partial charge in [-0.3, -0.25) is 9.59 Å². The van der Waals surface area contributed by atoms with E-state index in [1.165, 1.54) is 0 Å². The molecule has 2 amide bonds. The zero-order valence-electron chi connectivity index (χ0n) is 17.0. The Hall–Kier alpha value is -3.15. The van der Waals surface area contributed by atoms with E-state index in [9.17, 15) is 9.59 Å². The molecule has 6 heteroatoms. The molecule has 30 heavy (non-hydrogen) atoms. The van der Waals surface area contributed by atoms with Gasteiger partial charge in [-0.2, -0.15) is 0 Å². The van der Waals surface area contributed by atoms with Crippen molar-refractivity contribution in [2.45, 2.75) is 31.7 Å². The van der Waals surface area contributed by atoms with Crippen molar-refractivity contribution < 1.29 is 9.59 Å². The fourth-order valence-electron chi connectivity index (χ4n) is 4.69. The Balaban J connectivity index is 1.18. The Morgan fingerprint density at radius 3 is 2.53 bits per heavy atom. The number of rotatable bonds is 4. The first-order valence-electron chi connectivity index (χ1n) is 10.7. The average molecular weight is 402 g/mol. The van der Waals surface area contributed by atoms with Gasteiger partial charge in [0.05, 0.1) is 17.0 Å². The molecule has 3 aromatic rings. The van der Waals surface area contributed by atoms with Gasteiger partial charge in [-0.15, -0.1) is 0 Å². The van der Waals surface area contributed by atoms with E-state index in [4.69, 9.17) is 4.98 Å². The molecule has 2 aliphatic heterocycles. The lowest BCUT2D eigenvalue weighted by atomic mass is 9.95. The minimum Gasteiger partial charge on any atom is -0.342 e. The Morgan fingerprint density at radius 2 is 1.77 bits per heavy atom. The van der Waals surface area contributed by atoms with Crippen molar-refractivity contribution in [3.8, 4) is 0 Å². The van der Waals surface area contributed by atoms with E-state index in [-0.39, 0.29) is 17.7 Å². The molecule has 1 N–H and O–H groups in total. The Labute approximate surface area is 175 Å². The van der Waals surface area contributed by atoms with E-state index in [0.29, 0.717) is 25.4 Å². The van der Waals surface area contributed by atoms with Crippen LogP contribution in [0.25, 0.3) is 11.0 Å². The number of hydrogen-bond acceptors (Lipinski definition) is 3. The zero-order chi connectivity index (χ0) is 20.5. The first-order chi connectivity index (χ1) is 14.7. The summed E-state index contributed by atoms with van der Waals surface area (Å²) in [7, 11) is 0. The molecule has 1 atom stereocenters. The summed E-state index contributed by atoms with van der Waals surface area (Å²) in [6.45, 7) is 2.56. The lowest BCUT2D eigenvalue weighted by Crippen LogP contribution is -2.42. The molecule has 6 nitrogen and oxygen atoms in total. The number of nitrogens with zero attached hydrogens (tertiary/aromatic N) is 3.